The summed E-state index contributed by atoms with van der Waals surface area (Å²) in [5.74, 6) is -1.15. The van der Waals surface area contributed by atoms with Gasteiger partial charge in [0, 0.05) is 19.0 Å². The first-order valence-electron chi connectivity index (χ1n) is 14.8. The Morgan fingerprint density at radius 3 is 2.24 bits per heavy atom. The number of sulfonamides is 1. The zero-order valence-corrected chi connectivity index (χ0v) is 26.8. The van der Waals surface area contributed by atoms with Crippen molar-refractivity contribution in [3.63, 3.8) is 0 Å². The number of nitrogens with zero attached hydrogens (tertiary/aromatic N) is 2. The van der Waals surface area contributed by atoms with E-state index in [4.69, 9.17) is 11.6 Å². The van der Waals surface area contributed by atoms with E-state index in [0.29, 0.717) is 10.4 Å². The molecule has 0 unspecified atom stereocenters. The largest absolute Gasteiger partial charge is 0.416 e. The van der Waals surface area contributed by atoms with Gasteiger partial charge in [-0.15, -0.1) is 0 Å². The molecule has 0 saturated heterocycles. The average Bonchev–Trinajstić information content (AvgIpc) is 2.98. The number of amides is 2. The molecule has 1 aliphatic rings. The molecule has 1 atom stereocenters. The number of alkyl halides is 3. The van der Waals surface area contributed by atoms with Crippen LogP contribution in [-0.4, -0.2) is 50.0 Å². The zero-order valence-electron chi connectivity index (χ0n) is 25.2. The predicted molar refractivity (Wildman–Crippen MR) is 169 cm³/mol. The average molecular weight is 664 g/mol. The number of hydrogen-bond acceptors (Lipinski definition) is 4. The molecule has 1 saturated carbocycles. The van der Waals surface area contributed by atoms with Gasteiger partial charge in [-0.3, -0.25) is 13.9 Å². The van der Waals surface area contributed by atoms with Gasteiger partial charge in [0.2, 0.25) is 21.8 Å². The molecule has 1 aliphatic carbocycles. The lowest BCUT2D eigenvalue weighted by Gasteiger charge is -2.35. The first-order valence-corrected chi connectivity index (χ1v) is 17.0. The van der Waals surface area contributed by atoms with Crippen molar-refractivity contribution in [2.75, 3.05) is 17.1 Å². The van der Waals surface area contributed by atoms with Gasteiger partial charge in [0.05, 0.1) is 22.5 Å². The highest BCUT2D eigenvalue weighted by Crippen LogP contribution is 2.36. The van der Waals surface area contributed by atoms with Crippen LogP contribution in [-0.2, 0) is 38.8 Å². The number of benzene rings is 3. The number of hydrogen-bond donors (Lipinski definition) is 1. The van der Waals surface area contributed by atoms with E-state index < -0.39 is 45.9 Å². The molecule has 1 N–H and O–H groups in total. The van der Waals surface area contributed by atoms with E-state index in [2.05, 4.69) is 5.32 Å². The SMILES string of the molecule is Cc1ccccc1CN(C(=O)CN(c1cc(C(F)(F)F)ccc1Cl)S(C)(=O)=O)[C@@H](Cc1ccccc1)C(=O)NC1CCCCC1. The molecule has 3 aromatic rings. The summed E-state index contributed by atoms with van der Waals surface area (Å²) in [5.41, 5.74) is 0.766. The van der Waals surface area contributed by atoms with Crippen LogP contribution in [0.3, 0.4) is 0 Å². The van der Waals surface area contributed by atoms with E-state index in [-0.39, 0.29) is 29.9 Å². The second-order valence-corrected chi connectivity index (χ2v) is 13.7. The molecule has 0 bridgehead atoms. The van der Waals surface area contributed by atoms with Crippen LogP contribution in [0.15, 0.2) is 72.8 Å². The van der Waals surface area contributed by atoms with E-state index in [1.165, 1.54) is 4.90 Å². The molecule has 242 valence electrons. The van der Waals surface area contributed by atoms with Gasteiger partial charge in [0.1, 0.15) is 12.6 Å². The predicted octanol–water partition coefficient (Wildman–Crippen LogP) is 6.52. The minimum absolute atomic E-state index is 0.0327. The fourth-order valence-electron chi connectivity index (χ4n) is 5.54. The Bertz CT molecular complexity index is 1600. The topological polar surface area (TPSA) is 86.8 Å². The summed E-state index contributed by atoms with van der Waals surface area (Å²) in [7, 11) is -4.31. The van der Waals surface area contributed by atoms with E-state index in [1.54, 1.807) is 6.07 Å². The number of anilines is 1. The van der Waals surface area contributed by atoms with Crippen molar-refractivity contribution in [3.05, 3.63) is 100 Å². The summed E-state index contributed by atoms with van der Waals surface area (Å²) in [6.07, 6.45) is 0.803. The number of rotatable bonds is 11. The van der Waals surface area contributed by atoms with Gasteiger partial charge in [-0.1, -0.05) is 85.5 Å². The van der Waals surface area contributed by atoms with Crippen LogP contribution in [0.1, 0.15) is 54.4 Å². The highest BCUT2D eigenvalue weighted by molar-refractivity contribution is 7.92. The smallest absolute Gasteiger partial charge is 0.352 e. The highest BCUT2D eigenvalue weighted by Gasteiger charge is 2.36. The maximum Gasteiger partial charge on any atom is 0.416 e. The number of carbonyl (C=O) groups is 2. The fourth-order valence-corrected chi connectivity index (χ4v) is 6.67. The second-order valence-electron chi connectivity index (χ2n) is 11.4. The van der Waals surface area contributed by atoms with Gasteiger partial charge in [0.25, 0.3) is 0 Å². The van der Waals surface area contributed by atoms with Crippen molar-refractivity contribution < 1.29 is 31.2 Å². The Hall–Kier alpha value is -3.57. The molecule has 7 nitrogen and oxygen atoms in total. The normalized spacial score (nSPS) is 14.9. The van der Waals surface area contributed by atoms with Crippen LogP contribution < -0.4 is 9.62 Å². The third-order valence-electron chi connectivity index (χ3n) is 8.05. The molecule has 0 spiro atoms. The number of nitrogens with one attached hydrogen (secondary N) is 1. The van der Waals surface area contributed by atoms with Crippen LogP contribution >= 0.6 is 11.6 Å². The number of aryl methyl sites for hydroxylation is 1. The molecular formula is C33H37ClF3N3O4S. The summed E-state index contributed by atoms with van der Waals surface area (Å²) in [5, 5.41) is 2.84. The molecule has 12 heteroatoms. The molecule has 0 aliphatic heterocycles. The molecule has 4 rings (SSSR count). The molecule has 0 aromatic heterocycles. The molecule has 0 heterocycles. The first-order chi connectivity index (χ1) is 21.2. The lowest BCUT2D eigenvalue weighted by molar-refractivity contribution is -0.140. The van der Waals surface area contributed by atoms with Crippen molar-refractivity contribution in [2.45, 2.75) is 70.3 Å². The van der Waals surface area contributed by atoms with Crippen LogP contribution in [0.2, 0.25) is 5.02 Å². The fraction of sp³-hybridized carbons (Fsp3) is 0.394. The van der Waals surface area contributed by atoms with Crippen molar-refractivity contribution >= 4 is 39.1 Å². The van der Waals surface area contributed by atoms with Gasteiger partial charge < -0.3 is 10.2 Å². The van der Waals surface area contributed by atoms with Crippen molar-refractivity contribution in [1.82, 2.24) is 10.2 Å². The molecular weight excluding hydrogens is 627 g/mol. The Balaban J connectivity index is 1.77. The third kappa shape index (κ3) is 9.23. The van der Waals surface area contributed by atoms with Crippen LogP contribution in [0.5, 0.6) is 0 Å². The zero-order chi connectivity index (χ0) is 32.8. The number of carbonyl (C=O) groups excluding carboxylic acids is 2. The Kier molecular flexibility index (Phi) is 11.2. The van der Waals surface area contributed by atoms with E-state index in [9.17, 15) is 31.2 Å². The van der Waals surface area contributed by atoms with Gasteiger partial charge in [0.15, 0.2) is 0 Å². The van der Waals surface area contributed by atoms with E-state index in [1.807, 2.05) is 55.5 Å². The van der Waals surface area contributed by atoms with Crippen LogP contribution in [0.4, 0.5) is 18.9 Å². The molecule has 45 heavy (non-hydrogen) atoms. The van der Waals surface area contributed by atoms with E-state index >= 15 is 0 Å². The van der Waals surface area contributed by atoms with Crippen LogP contribution in [0.25, 0.3) is 0 Å². The second kappa shape index (κ2) is 14.7. The van der Waals surface area contributed by atoms with Crippen molar-refractivity contribution in [3.8, 4) is 0 Å². The number of halogens is 4. The maximum atomic E-state index is 14.3. The van der Waals surface area contributed by atoms with Crippen molar-refractivity contribution in [1.29, 1.82) is 0 Å². The lowest BCUT2D eigenvalue weighted by atomic mass is 9.94. The monoisotopic (exact) mass is 663 g/mol. The Morgan fingerprint density at radius 2 is 1.62 bits per heavy atom. The van der Waals surface area contributed by atoms with Crippen LogP contribution in [0, 0.1) is 6.92 Å². The van der Waals surface area contributed by atoms with Gasteiger partial charge in [-0.2, -0.15) is 13.2 Å². The Morgan fingerprint density at radius 1 is 0.978 bits per heavy atom. The van der Waals surface area contributed by atoms with Crippen molar-refractivity contribution in [2.24, 2.45) is 0 Å². The van der Waals surface area contributed by atoms with Gasteiger partial charge in [-0.25, -0.2) is 8.42 Å². The minimum Gasteiger partial charge on any atom is -0.352 e. The molecule has 0 radical (unpaired) electrons. The first kappa shape index (κ1) is 34.3. The molecule has 1 fully saturated rings. The van der Waals surface area contributed by atoms with Gasteiger partial charge in [-0.05, 0) is 54.7 Å². The maximum absolute atomic E-state index is 14.3. The summed E-state index contributed by atoms with van der Waals surface area (Å²) in [6, 6.07) is 17.6. The summed E-state index contributed by atoms with van der Waals surface area (Å²) < 4.78 is 67.4. The Labute approximate surface area is 267 Å². The minimum atomic E-state index is -4.78. The summed E-state index contributed by atoms with van der Waals surface area (Å²) in [4.78, 5) is 29.6. The standard InChI is InChI=1S/C33H37ClF3N3O4S/c1-23-11-9-10-14-25(23)21-39(30(19-24-12-5-3-6-13-24)32(42)38-27-15-7-4-8-16-27)31(41)22-40(45(2,43)44)29-20-26(33(35,36)37)17-18-28(29)34/h3,5-6,9-14,17-18,20,27,30H,4,7-8,15-16,19,21-22H2,1-2H3,(H,38,42)/t30-/m0/s1. The van der Waals surface area contributed by atoms with E-state index in [0.717, 1.165) is 67.2 Å². The summed E-state index contributed by atoms with van der Waals surface area (Å²) >= 11 is 6.23. The molecule has 2 amide bonds. The quantitative estimate of drug-likeness (QED) is 0.253. The lowest BCUT2D eigenvalue weighted by Crippen LogP contribution is -2.55. The van der Waals surface area contributed by atoms with Gasteiger partial charge >= 0.3 is 6.18 Å². The highest BCUT2D eigenvalue weighted by atomic mass is 35.5. The molecule has 3 aromatic carbocycles. The summed E-state index contributed by atoms with van der Waals surface area (Å²) in [6.45, 7) is 0.959. The third-order valence-corrected chi connectivity index (χ3v) is 9.49.